The minimum absolute atomic E-state index is 0.0361. The number of esters is 1. The van der Waals surface area contributed by atoms with Crippen LogP contribution in [0.15, 0.2) is 45.6 Å². The summed E-state index contributed by atoms with van der Waals surface area (Å²) in [6.07, 6.45) is -0.965. The van der Waals surface area contributed by atoms with Crippen molar-refractivity contribution in [2.75, 3.05) is 7.11 Å². The third kappa shape index (κ3) is 3.69. The largest absolute Gasteiger partial charge is 0.471 e. The molecule has 27 heavy (non-hydrogen) atoms. The number of carbonyl (C=O) groups excluding carboxylic acids is 1. The lowest BCUT2D eigenvalue weighted by Gasteiger charge is -2.16. The van der Waals surface area contributed by atoms with Crippen molar-refractivity contribution in [1.29, 1.82) is 0 Å². The molecule has 0 fully saturated rings. The molecule has 0 spiro atoms. The van der Waals surface area contributed by atoms with Gasteiger partial charge in [0.15, 0.2) is 11.9 Å². The Hall–Kier alpha value is -2.79. The van der Waals surface area contributed by atoms with E-state index >= 15 is 0 Å². The van der Waals surface area contributed by atoms with E-state index in [-0.39, 0.29) is 16.9 Å². The Labute approximate surface area is 161 Å². The van der Waals surface area contributed by atoms with Crippen LogP contribution in [0.1, 0.15) is 18.1 Å². The van der Waals surface area contributed by atoms with Gasteiger partial charge in [0, 0.05) is 10.6 Å². The summed E-state index contributed by atoms with van der Waals surface area (Å²) >= 11 is 5.96. The molecule has 3 rings (SSSR count). The Balaban J connectivity index is 2.28. The highest BCUT2D eigenvalue weighted by Crippen LogP contribution is 2.33. The van der Waals surface area contributed by atoms with Crippen molar-refractivity contribution in [2.45, 2.75) is 26.9 Å². The fourth-order valence-corrected chi connectivity index (χ4v) is 2.85. The molecule has 3 aromatic rings. The van der Waals surface area contributed by atoms with E-state index in [0.29, 0.717) is 21.6 Å². The zero-order valence-electron chi connectivity index (χ0n) is 15.5. The van der Waals surface area contributed by atoms with E-state index in [1.807, 2.05) is 19.9 Å². The summed E-state index contributed by atoms with van der Waals surface area (Å²) in [5.41, 5.74) is 2.68. The minimum atomic E-state index is -0.965. The highest BCUT2D eigenvalue weighted by atomic mass is 35.5. The topological polar surface area (TPSA) is 65.7 Å². The molecular formula is C21H19ClO5. The van der Waals surface area contributed by atoms with Crippen LogP contribution in [0.4, 0.5) is 0 Å². The number of hydrogen-bond acceptors (Lipinski definition) is 5. The number of ether oxygens (including phenoxy) is 2. The highest BCUT2D eigenvalue weighted by Gasteiger charge is 2.23. The van der Waals surface area contributed by atoms with Gasteiger partial charge in [0.2, 0.25) is 11.2 Å². The Morgan fingerprint density at radius 1 is 1.11 bits per heavy atom. The fraction of sp³-hybridized carbons (Fsp3) is 0.238. The first kappa shape index (κ1) is 19.0. The van der Waals surface area contributed by atoms with Crippen LogP contribution in [0.25, 0.3) is 22.3 Å². The lowest BCUT2D eigenvalue weighted by atomic mass is 10.0. The number of halogens is 1. The molecule has 1 atom stereocenters. The number of benzene rings is 2. The SMILES string of the molecule is COC(=O)[C@H](C)Oc1c(-c2ccc(Cl)cc2)oc2cc(C)c(C)cc2c1=O. The Bertz CT molecular complexity index is 1070. The summed E-state index contributed by atoms with van der Waals surface area (Å²) in [6, 6.07) is 10.4. The van der Waals surface area contributed by atoms with Gasteiger partial charge >= 0.3 is 5.97 Å². The van der Waals surface area contributed by atoms with Gasteiger partial charge in [0.25, 0.3) is 0 Å². The molecule has 0 aliphatic rings. The fourth-order valence-electron chi connectivity index (χ4n) is 2.72. The summed E-state index contributed by atoms with van der Waals surface area (Å²) in [6.45, 7) is 5.38. The van der Waals surface area contributed by atoms with E-state index in [0.717, 1.165) is 11.1 Å². The molecular weight excluding hydrogens is 368 g/mol. The molecule has 0 bridgehead atoms. The maximum Gasteiger partial charge on any atom is 0.346 e. The molecule has 0 N–H and O–H groups in total. The van der Waals surface area contributed by atoms with Crippen LogP contribution in [0.5, 0.6) is 5.75 Å². The Morgan fingerprint density at radius 3 is 2.37 bits per heavy atom. The second-order valence-electron chi connectivity index (χ2n) is 6.31. The molecule has 1 heterocycles. The zero-order valence-corrected chi connectivity index (χ0v) is 16.2. The molecule has 5 nitrogen and oxygen atoms in total. The second-order valence-corrected chi connectivity index (χ2v) is 6.75. The maximum atomic E-state index is 13.1. The molecule has 0 radical (unpaired) electrons. The van der Waals surface area contributed by atoms with Crippen molar-refractivity contribution in [3.63, 3.8) is 0 Å². The molecule has 0 unspecified atom stereocenters. The number of carbonyl (C=O) groups is 1. The molecule has 0 aliphatic carbocycles. The van der Waals surface area contributed by atoms with E-state index in [4.69, 9.17) is 25.5 Å². The smallest absolute Gasteiger partial charge is 0.346 e. The van der Waals surface area contributed by atoms with Crippen LogP contribution in [0.3, 0.4) is 0 Å². The number of fused-ring (bicyclic) bond motifs is 1. The van der Waals surface area contributed by atoms with Gasteiger partial charge in [-0.1, -0.05) is 11.6 Å². The summed E-state index contributed by atoms with van der Waals surface area (Å²) in [7, 11) is 1.26. The highest BCUT2D eigenvalue weighted by molar-refractivity contribution is 6.30. The second kappa shape index (κ2) is 7.45. The van der Waals surface area contributed by atoms with Crippen molar-refractivity contribution in [3.8, 4) is 17.1 Å². The molecule has 0 aliphatic heterocycles. The third-order valence-electron chi connectivity index (χ3n) is 4.40. The molecule has 6 heteroatoms. The quantitative estimate of drug-likeness (QED) is 0.609. The van der Waals surface area contributed by atoms with Gasteiger partial charge in [-0.25, -0.2) is 4.79 Å². The van der Waals surface area contributed by atoms with Crippen LogP contribution in [-0.2, 0) is 9.53 Å². The van der Waals surface area contributed by atoms with Gasteiger partial charge in [-0.05, 0) is 68.3 Å². The van der Waals surface area contributed by atoms with E-state index < -0.39 is 12.1 Å². The molecule has 0 amide bonds. The van der Waals surface area contributed by atoms with E-state index in [1.165, 1.54) is 14.0 Å². The summed E-state index contributed by atoms with van der Waals surface area (Å²) in [5.74, 6) is -0.384. The predicted octanol–water partition coefficient (Wildman–Crippen LogP) is 4.67. The zero-order chi connectivity index (χ0) is 19.7. The molecule has 0 saturated heterocycles. The van der Waals surface area contributed by atoms with Crippen molar-refractivity contribution < 1.29 is 18.7 Å². The summed E-state index contributed by atoms with van der Waals surface area (Å²) in [5, 5.41) is 0.946. The number of hydrogen-bond donors (Lipinski definition) is 0. The maximum absolute atomic E-state index is 13.1. The van der Waals surface area contributed by atoms with Crippen molar-refractivity contribution in [3.05, 3.63) is 62.8 Å². The number of aryl methyl sites for hydroxylation is 2. The average molecular weight is 387 g/mol. The van der Waals surface area contributed by atoms with Crippen LogP contribution in [-0.4, -0.2) is 19.2 Å². The first-order valence-electron chi connectivity index (χ1n) is 8.40. The molecule has 2 aromatic carbocycles. The Kier molecular flexibility index (Phi) is 5.24. The summed E-state index contributed by atoms with van der Waals surface area (Å²) in [4.78, 5) is 24.9. The lowest BCUT2D eigenvalue weighted by Crippen LogP contribution is -2.27. The number of methoxy groups -OCH3 is 1. The Morgan fingerprint density at radius 2 is 1.74 bits per heavy atom. The van der Waals surface area contributed by atoms with E-state index in [9.17, 15) is 9.59 Å². The molecule has 140 valence electrons. The van der Waals surface area contributed by atoms with Crippen molar-refractivity contribution in [1.82, 2.24) is 0 Å². The predicted molar refractivity (Wildman–Crippen MR) is 105 cm³/mol. The van der Waals surface area contributed by atoms with Gasteiger partial charge in [-0.15, -0.1) is 0 Å². The van der Waals surface area contributed by atoms with Crippen LogP contribution < -0.4 is 10.2 Å². The van der Waals surface area contributed by atoms with Gasteiger partial charge in [-0.2, -0.15) is 0 Å². The van der Waals surface area contributed by atoms with Crippen molar-refractivity contribution >= 4 is 28.5 Å². The van der Waals surface area contributed by atoms with Crippen LogP contribution in [0.2, 0.25) is 5.02 Å². The van der Waals surface area contributed by atoms with E-state index in [2.05, 4.69) is 0 Å². The monoisotopic (exact) mass is 386 g/mol. The lowest BCUT2D eigenvalue weighted by molar-refractivity contribution is -0.147. The van der Waals surface area contributed by atoms with Gasteiger partial charge < -0.3 is 13.9 Å². The van der Waals surface area contributed by atoms with Gasteiger partial charge in [0.1, 0.15) is 5.58 Å². The normalized spacial score (nSPS) is 12.0. The minimum Gasteiger partial charge on any atom is -0.471 e. The third-order valence-corrected chi connectivity index (χ3v) is 4.65. The standard InChI is InChI=1S/C21H19ClO5/c1-11-9-16-17(10-12(11)2)27-19(14-5-7-15(22)8-6-14)20(18(16)23)26-13(3)21(24)25-4/h5-10,13H,1-4H3/t13-/m0/s1. The van der Waals surface area contributed by atoms with Gasteiger partial charge in [0.05, 0.1) is 12.5 Å². The molecule has 0 saturated carbocycles. The number of rotatable bonds is 4. The van der Waals surface area contributed by atoms with E-state index in [1.54, 1.807) is 30.3 Å². The van der Waals surface area contributed by atoms with Crippen molar-refractivity contribution in [2.24, 2.45) is 0 Å². The van der Waals surface area contributed by atoms with Crippen LogP contribution >= 0.6 is 11.6 Å². The first-order chi connectivity index (χ1) is 12.8. The van der Waals surface area contributed by atoms with Gasteiger partial charge in [-0.3, -0.25) is 4.79 Å². The van der Waals surface area contributed by atoms with Crippen LogP contribution in [0, 0.1) is 13.8 Å². The molecule has 1 aromatic heterocycles. The first-order valence-corrected chi connectivity index (χ1v) is 8.78. The average Bonchev–Trinajstić information content (AvgIpc) is 2.65. The summed E-state index contributed by atoms with van der Waals surface area (Å²) < 4.78 is 16.4.